The van der Waals surface area contributed by atoms with Gasteiger partial charge in [0.25, 0.3) is 11.8 Å². The molecule has 10 heteroatoms. The molecule has 28 heavy (non-hydrogen) atoms. The third kappa shape index (κ3) is 4.40. The van der Waals surface area contributed by atoms with Gasteiger partial charge in [0, 0.05) is 9.35 Å². The van der Waals surface area contributed by atoms with Gasteiger partial charge in [-0.25, -0.2) is 0 Å². The van der Waals surface area contributed by atoms with Gasteiger partial charge in [-0.2, -0.15) is 0 Å². The number of methoxy groups -OCH3 is 1. The van der Waals surface area contributed by atoms with Crippen LogP contribution < -0.4 is 21.1 Å². The fraction of sp³-hybridized carbons (Fsp3) is 0.278. The van der Waals surface area contributed by atoms with Gasteiger partial charge in [-0.1, -0.05) is 15.9 Å². The minimum Gasteiger partial charge on any atom is -0.495 e. The van der Waals surface area contributed by atoms with Crippen molar-refractivity contribution in [2.24, 2.45) is 5.73 Å². The first-order valence-corrected chi connectivity index (χ1v) is 11.2. The highest BCUT2D eigenvalue weighted by Gasteiger charge is 2.25. The molecule has 1 aromatic heterocycles. The van der Waals surface area contributed by atoms with E-state index < -0.39 is 11.8 Å². The molecular weight excluding hydrogens is 530 g/mol. The van der Waals surface area contributed by atoms with E-state index in [-0.39, 0.29) is 5.11 Å². The second kappa shape index (κ2) is 8.89. The van der Waals surface area contributed by atoms with Crippen molar-refractivity contribution < 1.29 is 14.3 Å². The van der Waals surface area contributed by atoms with Crippen molar-refractivity contribution in [3.05, 3.63) is 42.6 Å². The van der Waals surface area contributed by atoms with Crippen LogP contribution in [0.15, 0.2) is 21.1 Å². The molecule has 0 unspecified atom stereocenters. The van der Waals surface area contributed by atoms with Crippen LogP contribution in [0.1, 0.15) is 44.0 Å². The summed E-state index contributed by atoms with van der Waals surface area (Å²) in [5, 5.41) is 6.27. The summed E-state index contributed by atoms with van der Waals surface area (Å²) in [7, 11) is 1.48. The maximum absolute atomic E-state index is 12.7. The van der Waals surface area contributed by atoms with Crippen molar-refractivity contribution in [1.29, 1.82) is 0 Å². The number of carbonyl (C=O) groups is 2. The molecule has 3 rings (SSSR count). The van der Waals surface area contributed by atoms with Gasteiger partial charge in [-0.15, -0.1) is 11.3 Å². The predicted molar refractivity (Wildman–Crippen MR) is 122 cm³/mol. The minimum atomic E-state index is -0.492. The Bertz CT molecular complexity index is 975. The number of halogens is 2. The SMILES string of the molecule is COc1c(Br)cc(Br)cc1C(=O)NC(=S)Nc1sc2c(c1C(N)=O)CCCC2. The molecule has 2 amide bonds. The number of hydrogen-bond donors (Lipinski definition) is 3. The Kier molecular flexibility index (Phi) is 6.74. The summed E-state index contributed by atoms with van der Waals surface area (Å²) in [5.74, 6) is -0.528. The van der Waals surface area contributed by atoms with E-state index in [0.717, 1.165) is 36.1 Å². The number of thiophene rings is 1. The van der Waals surface area contributed by atoms with E-state index in [9.17, 15) is 9.59 Å². The lowest BCUT2D eigenvalue weighted by Crippen LogP contribution is -2.34. The molecule has 2 aromatic rings. The first kappa shape index (κ1) is 21.2. The van der Waals surface area contributed by atoms with Gasteiger partial charge in [0.05, 0.1) is 22.7 Å². The van der Waals surface area contributed by atoms with E-state index in [1.807, 2.05) is 0 Å². The summed E-state index contributed by atoms with van der Waals surface area (Å²) < 4.78 is 6.66. The average Bonchev–Trinajstić information content (AvgIpc) is 2.98. The first-order valence-electron chi connectivity index (χ1n) is 8.41. The van der Waals surface area contributed by atoms with Crippen LogP contribution >= 0.6 is 55.4 Å². The highest BCUT2D eigenvalue weighted by molar-refractivity contribution is 9.11. The number of benzene rings is 1. The van der Waals surface area contributed by atoms with Crippen LogP contribution in [0.5, 0.6) is 5.75 Å². The second-order valence-corrected chi connectivity index (χ2v) is 9.44. The van der Waals surface area contributed by atoms with Gasteiger partial charge >= 0.3 is 0 Å². The molecule has 0 saturated heterocycles. The molecule has 1 aromatic carbocycles. The fourth-order valence-corrected chi connectivity index (χ4v) is 6.10. The van der Waals surface area contributed by atoms with Crippen molar-refractivity contribution in [3.63, 3.8) is 0 Å². The number of primary amides is 1. The summed E-state index contributed by atoms with van der Waals surface area (Å²) in [6.07, 6.45) is 3.87. The maximum atomic E-state index is 12.7. The molecule has 4 N–H and O–H groups in total. The van der Waals surface area contributed by atoms with E-state index in [2.05, 4.69) is 42.5 Å². The Morgan fingerprint density at radius 1 is 1.25 bits per heavy atom. The van der Waals surface area contributed by atoms with Gasteiger partial charge in [0.2, 0.25) is 0 Å². The number of carbonyl (C=O) groups excluding carboxylic acids is 2. The summed E-state index contributed by atoms with van der Waals surface area (Å²) in [5.41, 5.74) is 7.38. The lowest BCUT2D eigenvalue weighted by Gasteiger charge is -2.13. The van der Waals surface area contributed by atoms with Crippen LogP contribution in [-0.4, -0.2) is 24.0 Å². The van der Waals surface area contributed by atoms with Crippen LogP contribution in [0.2, 0.25) is 0 Å². The first-order chi connectivity index (χ1) is 13.3. The van der Waals surface area contributed by atoms with Crippen molar-refractivity contribution >= 4 is 77.3 Å². The molecule has 1 heterocycles. The van der Waals surface area contributed by atoms with Gasteiger partial charge in [-0.05, 0) is 71.5 Å². The number of ether oxygens (including phenoxy) is 1. The molecule has 0 spiro atoms. The Balaban J connectivity index is 1.81. The Morgan fingerprint density at radius 2 is 1.96 bits per heavy atom. The number of nitrogens with two attached hydrogens (primary N) is 1. The molecule has 0 radical (unpaired) electrons. The van der Waals surface area contributed by atoms with Crippen LogP contribution in [0.3, 0.4) is 0 Å². The third-order valence-electron chi connectivity index (χ3n) is 4.33. The Hall–Kier alpha value is -1.49. The number of hydrogen-bond acceptors (Lipinski definition) is 5. The average molecular weight is 547 g/mol. The second-order valence-electron chi connectivity index (χ2n) is 6.16. The maximum Gasteiger partial charge on any atom is 0.261 e. The number of amides is 2. The van der Waals surface area contributed by atoms with Crippen LogP contribution in [-0.2, 0) is 12.8 Å². The van der Waals surface area contributed by atoms with E-state index in [4.69, 9.17) is 22.7 Å². The smallest absolute Gasteiger partial charge is 0.261 e. The van der Waals surface area contributed by atoms with Crippen LogP contribution in [0, 0.1) is 0 Å². The van der Waals surface area contributed by atoms with Crippen molar-refractivity contribution in [1.82, 2.24) is 5.32 Å². The summed E-state index contributed by atoms with van der Waals surface area (Å²) in [4.78, 5) is 25.8. The molecule has 0 atom stereocenters. The zero-order valence-corrected chi connectivity index (χ0v) is 19.7. The van der Waals surface area contributed by atoms with Gasteiger partial charge in [0.1, 0.15) is 10.8 Å². The molecule has 1 aliphatic rings. The molecule has 6 nitrogen and oxygen atoms in total. The highest BCUT2D eigenvalue weighted by Crippen LogP contribution is 2.38. The molecule has 148 valence electrons. The lowest BCUT2D eigenvalue weighted by atomic mass is 9.95. The minimum absolute atomic E-state index is 0.0873. The molecule has 0 fully saturated rings. The topological polar surface area (TPSA) is 93.4 Å². The summed E-state index contributed by atoms with van der Waals surface area (Å²) in [6, 6.07) is 3.42. The monoisotopic (exact) mass is 545 g/mol. The van der Waals surface area contributed by atoms with Crippen LogP contribution in [0.4, 0.5) is 5.00 Å². The zero-order chi connectivity index (χ0) is 20.4. The quantitative estimate of drug-likeness (QED) is 0.495. The van der Waals surface area contributed by atoms with E-state index in [0.29, 0.717) is 30.8 Å². The number of rotatable bonds is 4. The zero-order valence-electron chi connectivity index (χ0n) is 14.9. The molecule has 0 bridgehead atoms. The standard InChI is InChI=1S/C18H17Br2N3O3S2/c1-26-14-10(6-8(19)7-11(14)20)16(25)22-18(27)23-17-13(15(21)24)9-4-2-3-5-12(9)28-17/h6-7H,2-5H2,1H3,(H2,21,24)(H2,22,23,25,27). The number of thiocarbonyl (C=S) groups is 1. The third-order valence-corrected chi connectivity index (χ3v) is 6.79. The fourth-order valence-electron chi connectivity index (χ4n) is 3.16. The summed E-state index contributed by atoms with van der Waals surface area (Å²) in [6.45, 7) is 0. The summed E-state index contributed by atoms with van der Waals surface area (Å²) >= 11 is 13.5. The normalized spacial score (nSPS) is 12.8. The highest BCUT2D eigenvalue weighted by atomic mass is 79.9. The van der Waals surface area contributed by atoms with Gasteiger partial charge < -0.3 is 15.8 Å². The number of aryl methyl sites for hydroxylation is 1. The number of anilines is 1. The van der Waals surface area contributed by atoms with Gasteiger partial charge in [-0.3, -0.25) is 14.9 Å². The van der Waals surface area contributed by atoms with Crippen molar-refractivity contribution in [2.45, 2.75) is 25.7 Å². The Morgan fingerprint density at radius 3 is 2.64 bits per heavy atom. The predicted octanol–water partition coefficient (Wildman–Crippen LogP) is 4.39. The van der Waals surface area contributed by atoms with E-state index in [1.165, 1.54) is 18.4 Å². The number of fused-ring (bicyclic) bond motifs is 1. The molecule has 0 aliphatic heterocycles. The molecular formula is C18H17Br2N3O3S2. The molecule has 0 saturated carbocycles. The van der Waals surface area contributed by atoms with Gasteiger partial charge in [0.15, 0.2) is 5.11 Å². The van der Waals surface area contributed by atoms with Crippen molar-refractivity contribution in [2.75, 3.05) is 12.4 Å². The number of nitrogens with one attached hydrogen (secondary N) is 2. The Labute approximate surface area is 188 Å². The van der Waals surface area contributed by atoms with Crippen LogP contribution in [0.25, 0.3) is 0 Å². The lowest BCUT2D eigenvalue weighted by molar-refractivity contribution is 0.0972. The molecule has 1 aliphatic carbocycles. The van der Waals surface area contributed by atoms with E-state index >= 15 is 0 Å². The van der Waals surface area contributed by atoms with Crippen molar-refractivity contribution in [3.8, 4) is 5.75 Å². The van der Waals surface area contributed by atoms with E-state index in [1.54, 1.807) is 12.1 Å². The largest absolute Gasteiger partial charge is 0.495 e.